The number of nitrogens with zero attached hydrogens (tertiary/aromatic N) is 2. The van der Waals surface area contributed by atoms with Gasteiger partial charge in [0.25, 0.3) is 0 Å². The molecule has 1 aromatic rings. The average Bonchev–Trinajstić information content (AvgIpc) is 2.57. The van der Waals surface area contributed by atoms with Gasteiger partial charge in [0.2, 0.25) is 0 Å². The molecule has 0 aromatic carbocycles. The molecule has 1 heterocycles. The van der Waals surface area contributed by atoms with Crippen LogP contribution in [0, 0.1) is 0 Å². The van der Waals surface area contributed by atoms with Crippen molar-refractivity contribution in [1.29, 1.82) is 0 Å². The highest BCUT2D eigenvalue weighted by atomic mass is 16.7. The van der Waals surface area contributed by atoms with Gasteiger partial charge in [-0.05, 0) is 13.0 Å². The van der Waals surface area contributed by atoms with E-state index in [9.17, 15) is 0 Å². The number of rotatable bonds is 5. The minimum absolute atomic E-state index is 0.138. The first kappa shape index (κ1) is 9.22. The Bertz CT molecular complexity index is 199. The minimum Gasteiger partial charge on any atom is -0.356 e. The maximum atomic E-state index is 5.28. The molecule has 1 unspecified atom stereocenters. The molecule has 0 spiro atoms. The van der Waals surface area contributed by atoms with Gasteiger partial charge in [0.1, 0.15) is 0 Å². The largest absolute Gasteiger partial charge is 0.356 e. The van der Waals surface area contributed by atoms with E-state index in [0.717, 1.165) is 6.54 Å². The summed E-state index contributed by atoms with van der Waals surface area (Å²) in [7, 11) is 1.62. The SMILES string of the molecule is COC(C)OCCn1cccn1. The molecular weight excluding hydrogens is 156 g/mol. The molecule has 1 aromatic heterocycles. The van der Waals surface area contributed by atoms with Crippen molar-refractivity contribution in [2.24, 2.45) is 0 Å². The first-order valence-corrected chi connectivity index (χ1v) is 3.94. The zero-order valence-electron chi connectivity index (χ0n) is 7.43. The van der Waals surface area contributed by atoms with E-state index in [1.807, 2.05) is 23.9 Å². The Morgan fingerprint density at radius 3 is 3.00 bits per heavy atom. The number of aromatic nitrogens is 2. The third-order valence-corrected chi connectivity index (χ3v) is 1.56. The van der Waals surface area contributed by atoms with E-state index in [0.29, 0.717) is 6.61 Å². The molecular formula is C8H14N2O2. The fourth-order valence-corrected chi connectivity index (χ4v) is 0.813. The Morgan fingerprint density at radius 1 is 1.58 bits per heavy atom. The predicted molar refractivity (Wildman–Crippen MR) is 44.7 cm³/mol. The predicted octanol–water partition coefficient (Wildman–Crippen LogP) is 0.892. The molecule has 12 heavy (non-hydrogen) atoms. The zero-order valence-corrected chi connectivity index (χ0v) is 7.43. The summed E-state index contributed by atoms with van der Waals surface area (Å²) in [5, 5.41) is 4.03. The molecule has 1 atom stereocenters. The van der Waals surface area contributed by atoms with Crippen LogP contribution in [0.1, 0.15) is 6.92 Å². The Morgan fingerprint density at radius 2 is 2.42 bits per heavy atom. The van der Waals surface area contributed by atoms with Gasteiger partial charge in [-0.25, -0.2) is 0 Å². The lowest BCUT2D eigenvalue weighted by molar-refractivity contribution is -0.112. The van der Waals surface area contributed by atoms with Gasteiger partial charge in [0.05, 0.1) is 13.2 Å². The van der Waals surface area contributed by atoms with Crippen LogP contribution in [-0.4, -0.2) is 29.8 Å². The molecule has 4 heteroatoms. The lowest BCUT2D eigenvalue weighted by Crippen LogP contribution is -2.14. The maximum absolute atomic E-state index is 5.28. The van der Waals surface area contributed by atoms with Crippen molar-refractivity contribution < 1.29 is 9.47 Å². The fourth-order valence-electron chi connectivity index (χ4n) is 0.813. The Kier molecular flexibility index (Phi) is 3.76. The third-order valence-electron chi connectivity index (χ3n) is 1.56. The molecule has 0 fully saturated rings. The Balaban J connectivity index is 2.11. The third kappa shape index (κ3) is 3.02. The summed E-state index contributed by atoms with van der Waals surface area (Å²) in [5.74, 6) is 0. The van der Waals surface area contributed by atoms with Crippen LogP contribution < -0.4 is 0 Å². The van der Waals surface area contributed by atoms with Gasteiger partial charge in [-0.15, -0.1) is 0 Å². The summed E-state index contributed by atoms with van der Waals surface area (Å²) in [6.45, 7) is 3.25. The standard InChI is InChI=1S/C8H14N2O2/c1-8(11-2)12-7-6-10-5-3-4-9-10/h3-5,8H,6-7H2,1-2H3. The number of hydrogen-bond acceptors (Lipinski definition) is 3. The molecule has 0 radical (unpaired) electrons. The average molecular weight is 170 g/mol. The topological polar surface area (TPSA) is 36.3 Å². The lowest BCUT2D eigenvalue weighted by atomic mass is 10.6. The van der Waals surface area contributed by atoms with Crippen LogP contribution >= 0.6 is 0 Å². The van der Waals surface area contributed by atoms with E-state index in [4.69, 9.17) is 9.47 Å². The van der Waals surface area contributed by atoms with Crippen molar-refractivity contribution in [3.05, 3.63) is 18.5 Å². The fraction of sp³-hybridized carbons (Fsp3) is 0.625. The molecule has 0 aliphatic heterocycles. The quantitative estimate of drug-likeness (QED) is 0.616. The summed E-state index contributed by atoms with van der Waals surface area (Å²) in [6.07, 6.45) is 3.51. The molecule has 0 saturated heterocycles. The highest BCUT2D eigenvalue weighted by Gasteiger charge is 1.97. The van der Waals surface area contributed by atoms with Crippen LogP contribution in [0.25, 0.3) is 0 Å². The van der Waals surface area contributed by atoms with E-state index < -0.39 is 0 Å². The normalized spacial score (nSPS) is 13.2. The van der Waals surface area contributed by atoms with Crippen molar-refractivity contribution in [2.75, 3.05) is 13.7 Å². The van der Waals surface area contributed by atoms with Gasteiger partial charge in [0.15, 0.2) is 6.29 Å². The maximum Gasteiger partial charge on any atom is 0.154 e. The minimum atomic E-state index is -0.138. The van der Waals surface area contributed by atoms with E-state index in [1.54, 1.807) is 13.3 Å². The van der Waals surface area contributed by atoms with E-state index in [1.165, 1.54) is 0 Å². The second kappa shape index (κ2) is 4.90. The first-order chi connectivity index (χ1) is 5.83. The molecule has 0 amide bonds. The van der Waals surface area contributed by atoms with Gasteiger partial charge < -0.3 is 9.47 Å². The zero-order chi connectivity index (χ0) is 8.81. The van der Waals surface area contributed by atoms with Gasteiger partial charge in [-0.3, -0.25) is 4.68 Å². The molecule has 0 aliphatic carbocycles. The van der Waals surface area contributed by atoms with Gasteiger partial charge in [0, 0.05) is 19.5 Å². The van der Waals surface area contributed by atoms with E-state index in [-0.39, 0.29) is 6.29 Å². The van der Waals surface area contributed by atoms with Crippen LogP contribution in [0.3, 0.4) is 0 Å². The lowest BCUT2D eigenvalue weighted by Gasteiger charge is -2.10. The van der Waals surface area contributed by atoms with Crippen molar-refractivity contribution in [2.45, 2.75) is 19.8 Å². The molecule has 1 rings (SSSR count). The Hall–Kier alpha value is -0.870. The summed E-state index contributed by atoms with van der Waals surface area (Å²) in [5.41, 5.74) is 0. The van der Waals surface area contributed by atoms with E-state index in [2.05, 4.69) is 5.10 Å². The molecule has 0 N–H and O–H groups in total. The van der Waals surface area contributed by atoms with Gasteiger partial charge in [-0.2, -0.15) is 5.10 Å². The van der Waals surface area contributed by atoms with Crippen LogP contribution in [0.15, 0.2) is 18.5 Å². The Labute approximate surface area is 72.1 Å². The van der Waals surface area contributed by atoms with Crippen molar-refractivity contribution in [1.82, 2.24) is 9.78 Å². The van der Waals surface area contributed by atoms with Crippen molar-refractivity contribution in [3.8, 4) is 0 Å². The smallest absolute Gasteiger partial charge is 0.154 e. The van der Waals surface area contributed by atoms with Crippen molar-refractivity contribution in [3.63, 3.8) is 0 Å². The molecule has 0 saturated carbocycles. The highest BCUT2D eigenvalue weighted by Crippen LogP contribution is 1.91. The molecule has 0 aliphatic rings. The molecule has 68 valence electrons. The second-order valence-corrected chi connectivity index (χ2v) is 2.44. The van der Waals surface area contributed by atoms with Crippen LogP contribution in [0.4, 0.5) is 0 Å². The second-order valence-electron chi connectivity index (χ2n) is 2.44. The number of ether oxygens (including phenoxy) is 2. The summed E-state index contributed by atoms with van der Waals surface area (Å²) in [6, 6.07) is 1.89. The van der Waals surface area contributed by atoms with Crippen LogP contribution in [0.2, 0.25) is 0 Å². The monoisotopic (exact) mass is 170 g/mol. The van der Waals surface area contributed by atoms with Gasteiger partial charge >= 0.3 is 0 Å². The van der Waals surface area contributed by atoms with Crippen LogP contribution in [-0.2, 0) is 16.0 Å². The highest BCUT2D eigenvalue weighted by molar-refractivity contribution is 4.77. The summed E-state index contributed by atoms with van der Waals surface area (Å²) < 4.78 is 12.0. The number of methoxy groups -OCH3 is 1. The number of hydrogen-bond donors (Lipinski definition) is 0. The van der Waals surface area contributed by atoms with Crippen LogP contribution in [0.5, 0.6) is 0 Å². The summed E-state index contributed by atoms with van der Waals surface area (Å²) in [4.78, 5) is 0. The molecule has 4 nitrogen and oxygen atoms in total. The van der Waals surface area contributed by atoms with Crippen molar-refractivity contribution >= 4 is 0 Å². The van der Waals surface area contributed by atoms with E-state index >= 15 is 0 Å². The van der Waals surface area contributed by atoms with Gasteiger partial charge in [-0.1, -0.05) is 0 Å². The summed E-state index contributed by atoms with van der Waals surface area (Å²) >= 11 is 0. The first-order valence-electron chi connectivity index (χ1n) is 3.94. The molecule has 0 bridgehead atoms.